The Kier molecular flexibility index (Phi) is 3.49. The average molecular weight is 259 g/mol. The lowest BCUT2D eigenvalue weighted by atomic mass is 10.0. The lowest BCUT2D eigenvalue weighted by molar-refractivity contribution is -0.173. The molecule has 0 spiro atoms. The summed E-state index contributed by atoms with van der Waals surface area (Å²) in [6, 6.07) is 7.93. The van der Waals surface area contributed by atoms with Crippen LogP contribution < -0.4 is 0 Å². The third-order valence-electron chi connectivity index (χ3n) is 2.67. The molecule has 0 bridgehead atoms. The fraction of sp³-hybridized carbons (Fsp3) is 0.167. The monoisotopic (exact) mass is 259 g/mol. The van der Waals surface area contributed by atoms with Gasteiger partial charge in [-0.15, -0.1) is 0 Å². The molecule has 1 aliphatic heterocycles. The Bertz CT molecular complexity index is 570. The Balaban J connectivity index is 2.40. The number of nitrogens with zero attached hydrogens (tertiary/aromatic N) is 3. The van der Waals surface area contributed by atoms with E-state index in [4.69, 9.17) is 10.3 Å². The molecule has 1 fully saturated rings. The summed E-state index contributed by atoms with van der Waals surface area (Å²) in [6.45, 7) is -0.125. The first-order chi connectivity index (χ1) is 9.15. The molecule has 2 rings (SSSR count). The number of esters is 1. The number of imide groups is 1. The van der Waals surface area contributed by atoms with Crippen molar-refractivity contribution in [3.63, 3.8) is 0 Å². The van der Waals surface area contributed by atoms with Crippen molar-refractivity contribution in [1.82, 2.24) is 4.90 Å². The number of cyclic esters (lactones) is 1. The molecule has 7 heteroatoms. The topological polar surface area (TPSA) is 100 Å². The molecule has 1 saturated heterocycles. The number of rotatable bonds is 2. The van der Waals surface area contributed by atoms with Crippen LogP contribution in [0.4, 0.5) is 0 Å². The van der Waals surface area contributed by atoms with Gasteiger partial charge in [-0.2, -0.15) is 4.79 Å². The van der Waals surface area contributed by atoms with Gasteiger partial charge in [0.2, 0.25) is 0 Å². The molecule has 0 N–H and O–H groups in total. The summed E-state index contributed by atoms with van der Waals surface area (Å²) >= 11 is 0. The van der Waals surface area contributed by atoms with Crippen molar-refractivity contribution < 1.29 is 23.9 Å². The van der Waals surface area contributed by atoms with E-state index in [0.717, 1.165) is 4.90 Å². The number of carbonyl (C=O) groups is 3. The second-order valence-corrected chi connectivity index (χ2v) is 3.78. The molecule has 1 aliphatic rings. The van der Waals surface area contributed by atoms with Gasteiger partial charge < -0.3 is 10.3 Å². The van der Waals surface area contributed by atoms with Gasteiger partial charge in [0.15, 0.2) is 0 Å². The Hall–Kier alpha value is -2.79. The van der Waals surface area contributed by atoms with Crippen LogP contribution in [0.15, 0.2) is 30.3 Å². The molecular weight excluding hydrogens is 250 g/mol. The zero-order chi connectivity index (χ0) is 13.8. The highest BCUT2D eigenvalue weighted by atomic mass is 16.5. The van der Waals surface area contributed by atoms with Gasteiger partial charge in [-0.25, -0.2) is 4.79 Å². The zero-order valence-corrected chi connectivity index (χ0v) is 9.72. The van der Waals surface area contributed by atoms with E-state index in [0.29, 0.717) is 11.8 Å². The largest absolute Gasteiger partial charge is 0.456 e. The number of hydrogen-bond acceptors (Lipinski definition) is 4. The number of amides is 2. The van der Waals surface area contributed by atoms with E-state index < -0.39 is 23.8 Å². The number of hydrogen-bond donors (Lipinski definition) is 0. The first kappa shape index (κ1) is 12.7. The third-order valence-corrected chi connectivity index (χ3v) is 2.67. The fourth-order valence-corrected chi connectivity index (χ4v) is 1.82. The van der Waals surface area contributed by atoms with E-state index in [1.165, 1.54) is 0 Å². The van der Waals surface area contributed by atoms with Gasteiger partial charge in [-0.05, 0) is 5.56 Å². The van der Waals surface area contributed by atoms with Crippen molar-refractivity contribution in [2.75, 3.05) is 6.61 Å². The normalized spacial score (nSPS) is 18.5. The molecule has 1 atom stereocenters. The highest BCUT2D eigenvalue weighted by Gasteiger charge is 2.41. The van der Waals surface area contributed by atoms with Crippen molar-refractivity contribution in [3.8, 4) is 0 Å². The van der Waals surface area contributed by atoms with Crippen molar-refractivity contribution in [2.45, 2.75) is 6.04 Å². The van der Waals surface area contributed by atoms with Crippen LogP contribution in [-0.2, 0) is 19.1 Å². The molecule has 0 unspecified atom stereocenters. The lowest BCUT2D eigenvalue weighted by Crippen LogP contribution is -2.50. The van der Waals surface area contributed by atoms with Gasteiger partial charge in [0, 0.05) is 0 Å². The van der Waals surface area contributed by atoms with Gasteiger partial charge >= 0.3 is 24.0 Å². The maximum atomic E-state index is 11.7. The second kappa shape index (κ2) is 5.24. The van der Waals surface area contributed by atoms with Gasteiger partial charge in [0.05, 0.1) is 6.04 Å². The van der Waals surface area contributed by atoms with E-state index in [2.05, 4.69) is 4.79 Å². The summed E-state index contributed by atoms with van der Waals surface area (Å²) in [7, 11) is 0. The summed E-state index contributed by atoms with van der Waals surface area (Å²) in [5.41, 5.74) is 9.01. The first-order valence-corrected chi connectivity index (χ1v) is 5.42. The van der Waals surface area contributed by atoms with E-state index in [1.807, 2.05) is 0 Å². The third kappa shape index (κ3) is 2.41. The summed E-state index contributed by atoms with van der Waals surface area (Å²) in [5.74, 6) is -3.06. The van der Waals surface area contributed by atoms with Gasteiger partial charge in [-0.3, -0.25) is 14.5 Å². The molecule has 0 aromatic heterocycles. The molecule has 19 heavy (non-hydrogen) atoms. The highest BCUT2D eigenvalue weighted by Crippen LogP contribution is 2.24. The molecule has 2 amide bonds. The number of carbonyl (C=O) groups excluding carboxylic acids is 3. The van der Waals surface area contributed by atoms with Crippen LogP contribution in [0, 0.1) is 0 Å². The summed E-state index contributed by atoms with van der Waals surface area (Å²) in [5, 5.41) is 0. The van der Waals surface area contributed by atoms with Gasteiger partial charge in [0.1, 0.15) is 6.61 Å². The van der Waals surface area contributed by atoms with Crippen LogP contribution in [-0.4, -0.2) is 40.3 Å². The van der Waals surface area contributed by atoms with E-state index in [-0.39, 0.29) is 6.61 Å². The predicted molar refractivity (Wildman–Crippen MR) is 61.7 cm³/mol. The molecule has 7 nitrogen and oxygen atoms in total. The highest BCUT2D eigenvalue weighted by molar-refractivity contribution is 6.41. The summed E-state index contributed by atoms with van der Waals surface area (Å²) in [6.07, 6.45) is 0.562. The summed E-state index contributed by atoms with van der Waals surface area (Å²) in [4.78, 5) is 38.0. The van der Waals surface area contributed by atoms with Crippen LogP contribution in [0.5, 0.6) is 0 Å². The van der Waals surface area contributed by atoms with E-state index in [9.17, 15) is 14.4 Å². The predicted octanol–water partition coefficient (Wildman–Crippen LogP) is -0.0597. The molecular formula is C12H9N3O4. The molecule has 0 radical (unpaired) electrons. The first-order valence-electron chi connectivity index (χ1n) is 5.42. The van der Waals surface area contributed by atoms with Crippen LogP contribution >= 0.6 is 0 Å². The maximum absolute atomic E-state index is 11.7. The van der Waals surface area contributed by atoms with Crippen molar-refractivity contribution in [3.05, 3.63) is 41.4 Å². The number of morpholine rings is 1. The van der Waals surface area contributed by atoms with Crippen LogP contribution in [0.1, 0.15) is 11.6 Å². The van der Waals surface area contributed by atoms with Crippen molar-refractivity contribution >= 4 is 24.0 Å². The second-order valence-electron chi connectivity index (χ2n) is 3.78. The maximum Gasteiger partial charge on any atom is 0.397 e. The standard InChI is InChI=1S/C12H9N3O4/c13-14-6-10(16)15-9(7-19-12(18)11(15)17)8-4-2-1-3-5-8/h1-6,9H,7H2/t9-/m1/s1. The molecule has 96 valence electrons. The minimum atomic E-state index is -1.10. The van der Waals surface area contributed by atoms with Crippen LogP contribution in [0.2, 0.25) is 0 Å². The Labute approximate surface area is 108 Å². The molecule has 0 aliphatic carbocycles. The van der Waals surface area contributed by atoms with Gasteiger partial charge in [0.25, 0.3) is 0 Å². The smallest absolute Gasteiger partial charge is 0.397 e. The molecule has 1 aromatic carbocycles. The average Bonchev–Trinajstić information content (AvgIpc) is 2.42. The van der Waals surface area contributed by atoms with Gasteiger partial charge in [-0.1, -0.05) is 30.3 Å². The van der Waals surface area contributed by atoms with Crippen LogP contribution in [0.3, 0.4) is 0 Å². The number of ether oxygens (including phenoxy) is 1. The summed E-state index contributed by atoms with van der Waals surface area (Å²) < 4.78 is 4.73. The lowest BCUT2D eigenvalue weighted by Gasteiger charge is -2.31. The molecule has 1 heterocycles. The Morgan fingerprint density at radius 3 is 2.68 bits per heavy atom. The van der Waals surface area contributed by atoms with E-state index >= 15 is 0 Å². The minimum absolute atomic E-state index is 0.125. The van der Waals surface area contributed by atoms with Crippen LogP contribution in [0.25, 0.3) is 5.53 Å². The Morgan fingerprint density at radius 2 is 2.05 bits per heavy atom. The van der Waals surface area contributed by atoms with E-state index in [1.54, 1.807) is 30.3 Å². The molecule has 0 saturated carbocycles. The van der Waals surface area contributed by atoms with Crippen molar-refractivity contribution in [1.29, 1.82) is 0 Å². The molecule has 1 aromatic rings. The van der Waals surface area contributed by atoms with Crippen molar-refractivity contribution in [2.24, 2.45) is 0 Å². The fourth-order valence-electron chi connectivity index (χ4n) is 1.82. The zero-order valence-electron chi connectivity index (χ0n) is 9.72. The Morgan fingerprint density at radius 1 is 1.37 bits per heavy atom. The number of benzene rings is 1. The minimum Gasteiger partial charge on any atom is -0.456 e. The SMILES string of the molecule is [N-]=[N+]=CC(=O)N1C(=O)C(=O)OC[C@@H]1c1ccccc1. The quantitative estimate of drug-likeness (QED) is 0.244.